The third-order valence-corrected chi connectivity index (χ3v) is 3.10. The molecule has 0 atom stereocenters. The molecular weight excluding hydrogens is 212 g/mol. The Bertz CT molecular complexity index is 411. The van der Waals surface area contributed by atoms with Crippen molar-refractivity contribution in [2.45, 2.75) is 26.7 Å². The molecule has 0 unspecified atom stereocenters. The van der Waals surface area contributed by atoms with Crippen molar-refractivity contribution in [3.8, 4) is 0 Å². The average Bonchev–Trinajstić information content (AvgIpc) is 3.13. The van der Waals surface area contributed by atoms with E-state index in [-0.39, 0.29) is 5.91 Å². The average molecular weight is 232 g/mol. The van der Waals surface area contributed by atoms with Gasteiger partial charge in [0.25, 0.3) is 5.91 Å². The van der Waals surface area contributed by atoms with E-state index < -0.39 is 0 Å². The summed E-state index contributed by atoms with van der Waals surface area (Å²) in [5.74, 6) is 0.768. The Balaban J connectivity index is 1.99. The zero-order valence-corrected chi connectivity index (χ0v) is 10.5. The summed E-state index contributed by atoms with van der Waals surface area (Å²) < 4.78 is 0. The highest BCUT2D eigenvalue weighted by molar-refractivity contribution is 5.94. The summed E-state index contributed by atoms with van der Waals surface area (Å²) in [5, 5.41) is 6.25. The SMILES string of the molecule is CCNc1ccc(C(=O)NCC2CC2)cc1C. The van der Waals surface area contributed by atoms with E-state index in [1.54, 1.807) is 0 Å². The van der Waals surface area contributed by atoms with Crippen LogP contribution in [0.5, 0.6) is 0 Å². The Hall–Kier alpha value is -1.51. The summed E-state index contributed by atoms with van der Waals surface area (Å²) in [4.78, 5) is 11.9. The van der Waals surface area contributed by atoms with E-state index in [0.29, 0.717) is 0 Å². The van der Waals surface area contributed by atoms with Gasteiger partial charge in [0.1, 0.15) is 0 Å². The Morgan fingerprint density at radius 1 is 1.41 bits per heavy atom. The quantitative estimate of drug-likeness (QED) is 0.819. The van der Waals surface area contributed by atoms with Crippen LogP contribution in [-0.2, 0) is 0 Å². The maximum absolute atomic E-state index is 11.9. The van der Waals surface area contributed by atoms with E-state index in [2.05, 4.69) is 17.6 Å². The smallest absolute Gasteiger partial charge is 0.251 e. The summed E-state index contributed by atoms with van der Waals surface area (Å²) in [7, 11) is 0. The first kappa shape index (κ1) is 12.0. The van der Waals surface area contributed by atoms with Crippen LogP contribution in [0.4, 0.5) is 5.69 Å². The second-order valence-electron chi connectivity index (χ2n) is 4.71. The zero-order valence-electron chi connectivity index (χ0n) is 10.5. The van der Waals surface area contributed by atoms with Crippen LogP contribution in [0, 0.1) is 12.8 Å². The van der Waals surface area contributed by atoms with Crippen molar-refractivity contribution in [1.82, 2.24) is 5.32 Å². The first-order valence-corrected chi connectivity index (χ1v) is 6.33. The second kappa shape index (κ2) is 5.21. The molecule has 0 radical (unpaired) electrons. The highest BCUT2D eigenvalue weighted by Crippen LogP contribution is 2.27. The lowest BCUT2D eigenvalue weighted by atomic mass is 10.1. The van der Waals surface area contributed by atoms with Crippen LogP contribution in [-0.4, -0.2) is 19.0 Å². The van der Waals surface area contributed by atoms with Crippen molar-refractivity contribution in [3.63, 3.8) is 0 Å². The molecule has 0 aromatic heterocycles. The molecule has 1 aromatic rings. The summed E-state index contributed by atoms with van der Waals surface area (Å²) >= 11 is 0. The summed E-state index contributed by atoms with van der Waals surface area (Å²) in [6.45, 7) is 5.81. The molecule has 1 amide bonds. The van der Waals surface area contributed by atoms with Gasteiger partial charge in [-0.25, -0.2) is 0 Å². The molecule has 0 bridgehead atoms. The maximum Gasteiger partial charge on any atom is 0.251 e. The Morgan fingerprint density at radius 2 is 2.18 bits per heavy atom. The fourth-order valence-corrected chi connectivity index (χ4v) is 1.85. The number of aryl methyl sites for hydroxylation is 1. The van der Waals surface area contributed by atoms with Gasteiger partial charge >= 0.3 is 0 Å². The number of amides is 1. The van der Waals surface area contributed by atoms with E-state index in [1.165, 1.54) is 12.8 Å². The van der Waals surface area contributed by atoms with Crippen LogP contribution >= 0.6 is 0 Å². The molecule has 3 nitrogen and oxygen atoms in total. The van der Waals surface area contributed by atoms with Crippen molar-refractivity contribution in [3.05, 3.63) is 29.3 Å². The summed E-state index contributed by atoms with van der Waals surface area (Å²) in [5.41, 5.74) is 2.97. The van der Waals surface area contributed by atoms with Crippen LogP contribution in [0.1, 0.15) is 35.7 Å². The van der Waals surface area contributed by atoms with Gasteiger partial charge in [0.2, 0.25) is 0 Å². The number of anilines is 1. The monoisotopic (exact) mass is 232 g/mol. The lowest BCUT2D eigenvalue weighted by Crippen LogP contribution is -2.25. The van der Waals surface area contributed by atoms with Crippen LogP contribution in [0.25, 0.3) is 0 Å². The lowest BCUT2D eigenvalue weighted by molar-refractivity contribution is 0.0952. The van der Waals surface area contributed by atoms with Gasteiger partial charge in [0.05, 0.1) is 0 Å². The van der Waals surface area contributed by atoms with Gasteiger partial charge in [-0.2, -0.15) is 0 Å². The summed E-state index contributed by atoms with van der Waals surface area (Å²) in [6, 6.07) is 5.80. The van der Waals surface area contributed by atoms with Gasteiger partial charge < -0.3 is 10.6 Å². The Labute approximate surface area is 103 Å². The largest absolute Gasteiger partial charge is 0.385 e. The van der Waals surface area contributed by atoms with Gasteiger partial charge in [-0.05, 0) is 56.4 Å². The molecule has 92 valence electrons. The van der Waals surface area contributed by atoms with Gasteiger partial charge in [-0.15, -0.1) is 0 Å². The van der Waals surface area contributed by atoms with Gasteiger partial charge in [-0.3, -0.25) is 4.79 Å². The molecule has 1 aromatic carbocycles. The van der Waals surface area contributed by atoms with E-state index in [4.69, 9.17) is 0 Å². The number of carbonyl (C=O) groups is 1. The van der Waals surface area contributed by atoms with Crippen LogP contribution < -0.4 is 10.6 Å². The van der Waals surface area contributed by atoms with Crippen molar-refractivity contribution in [1.29, 1.82) is 0 Å². The molecular formula is C14H20N2O. The Morgan fingerprint density at radius 3 is 2.76 bits per heavy atom. The van der Waals surface area contributed by atoms with Gasteiger partial charge in [0, 0.05) is 24.3 Å². The molecule has 3 heteroatoms. The maximum atomic E-state index is 11.9. The molecule has 1 fully saturated rings. The van der Waals surface area contributed by atoms with Crippen LogP contribution in [0.15, 0.2) is 18.2 Å². The normalized spacial score (nSPS) is 14.5. The second-order valence-corrected chi connectivity index (χ2v) is 4.71. The Kier molecular flexibility index (Phi) is 3.67. The molecule has 0 saturated heterocycles. The third-order valence-electron chi connectivity index (χ3n) is 3.10. The highest BCUT2D eigenvalue weighted by atomic mass is 16.1. The molecule has 1 saturated carbocycles. The molecule has 0 heterocycles. The standard InChI is InChI=1S/C14H20N2O/c1-3-15-13-7-6-12(8-10(13)2)14(17)16-9-11-4-5-11/h6-8,11,15H,3-5,9H2,1-2H3,(H,16,17). The predicted octanol–water partition coefficient (Wildman–Crippen LogP) is 2.57. The van der Waals surface area contributed by atoms with Crippen LogP contribution in [0.3, 0.4) is 0 Å². The van der Waals surface area contributed by atoms with Crippen molar-refractivity contribution in [2.24, 2.45) is 5.92 Å². The number of hydrogen-bond acceptors (Lipinski definition) is 2. The zero-order chi connectivity index (χ0) is 12.3. The molecule has 1 aliphatic rings. The first-order valence-electron chi connectivity index (χ1n) is 6.33. The predicted molar refractivity (Wildman–Crippen MR) is 70.4 cm³/mol. The van der Waals surface area contributed by atoms with E-state index >= 15 is 0 Å². The first-order chi connectivity index (χ1) is 8.20. The van der Waals surface area contributed by atoms with E-state index in [1.807, 2.05) is 25.1 Å². The minimum Gasteiger partial charge on any atom is -0.385 e. The van der Waals surface area contributed by atoms with Crippen molar-refractivity contribution < 1.29 is 4.79 Å². The molecule has 2 N–H and O–H groups in total. The fraction of sp³-hybridized carbons (Fsp3) is 0.500. The van der Waals surface area contributed by atoms with Gasteiger partial charge in [-0.1, -0.05) is 0 Å². The molecule has 1 aliphatic carbocycles. The van der Waals surface area contributed by atoms with Gasteiger partial charge in [0.15, 0.2) is 0 Å². The number of hydrogen-bond donors (Lipinski definition) is 2. The van der Waals surface area contributed by atoms with Crippen molar-refractivity contribution >= 4 is 11.6 Å². The van der Waals surface area contributed by atoms with Crippen LogP contribution in [0.2, 0.25) is 0 Å². The highest BCUT2D eigenvalue weighted by Gasteiger charge is 2.21. The fourth-order valence-electron chi connectivity index (χ4n) is 1.85. The molecule has 0 spiro atoms. The number of rotatable bonds is 5. The van der Waals surface area contributed by atoms with E-state index in [9.17, 15) is 4.79 Å². The third kappa shape index (κ3) is 3.22. The number of carbonyl (C=O) groups excluding carboxylic acids is 1. The lowest BCUT2D eigenvalue weighted by Gasteiger charge is -2.09. The molecule has 17 heavy (non-hydrogen) atoms. The number of nitrogens with one attached hydrogen (secondary N) is 2. The van der Waals surface area contributed by atoms with E-state index in [0.717, 1.165) is 35.8 Å². The van der Waals surface area contributed by atoms with Crippen molar-refractivity contribution in [2.75, 3.05) is 18.4 Å². The summed E-state index contributed by atoms with van der Waals surface area (Å²) in [6.07, 6.45) is 2.53. The molecule has 2 rings (SSSR count). The minimum atomic E-state index is 0.0445. The number of benzene rings is 1. The topological polar surface area (TPSA) is 41.1 Å². The molecule has 0 aliphatic heterocycles. The minimum absolute atomic E-state index is 0.0445.